The maximum Gasteiger partial charge on any atom is 0.0573 e. The van der Waals surface area contributed by atoms with Gasteiger partial charge in [0.1, 0.15) is 0 Å². The summed E-state index contributed by atoms with van der Waals surface area (Å²) in [6.07, 6.45) is 0. The lowest BCUT2D eigenvalue weighted by molar-refractivity contribution is 0.391. The molecule has 0 unspecified atom stereocenters. The highest BCUT2D eigenvalue weighted by Gasteiger charge is 2.13. The van der Waals surface area contributed by atoms with Crippen molar-refractivity contribution in [3.63, 3.8) is 0 Å². The van der Waals surface area contributed by atoms with E-state index in [1.165, 1.54) is 11.5 Å². The molecule has 9 heavy (non-hydrogen) atoms. The molecular weight excluding hydrogens is 247 g/mol. The summed E-state index contributed by atoms with van der Waals surface area (Å²) in [7, 11) is -0.695. The van der Waals surface area contributed by atoms with Crippen LogP contribution in [0.5, 0.6) is 0 Å². The molecule has 0 fully saturated rings. The third-order valence-electron chi connectivity index (χ3n) is 1.19. The third-order valence-corrected chi connectivity index (χ3v) is 8.07. The van der Waals surface area contributed by atoms with E-state index in [0.717, 1.165) is 6.61 Å². The first-order chi connectivity index (χ1) is 4.18. The molecule has 0 rings (SSSR count). The molecule has 0 bridgehead atoms. The molecule has 0 atom stereocenters. The molecule has 0 heterocycles. The van der Waals surface area contributed by atoms with Crippen molar-refractivity contribution in [2.75, 3.05) is 18.1 Å². The second kappa shape index (κ2) is 4.79. The molecule has 0 aliphatic carbocycles. The summed E-state index contributed by atoms with van der Waals surface area (Å²) < 4.78 is 5.60. The predicted octanol–water partition coefficient (Wildman–Crippen LogP) is 3.13. The summed E-state index contributed by atoms with van der Waals surface area (Å²) >= 11 is 2.46. The van der Waals surface area contributed by atoms with Gasteiger partial charge in [-0.05, 0) is 6.92 Å². The topological polar surface area (TPSA) is 9.23 Å². The van der Waals surface area contributed by atoms with E-state index in [0.29, 0.717) is 0 Å². The molecular formula is C6H15IOS. The molecule has 1 nitrogen and oxygen atoms in total. The van der Waals surface area contributed by atoms with E-state index in [1.54, 1.807) is 0 Å². The van der Waals surface area contributed by atoms with Gasteiger partial charge in [0, 0.05) is 32.7 Å². The largest absolute Gasteiger partial charge is 0.328 e. The van der Waals surface area contributed by atoms with Crippen LogP contribution in [0.15, 0.2) is 0 Å². The molecule has 0 saturated heterocycles. The highest BCUT2D eigenvalue weighted by molar-refractivity contribution is 14.2. The van der Waals surface area contributed by atoms with E-state index in [2.05, 4.69) is 42.0 Å². The van der Waals surface area contributed by atoms with Crippen molar-refractivity contribution in [3.8, 4) is 0 Å². The summed E-state index contributed by atoms with van der Waals surface area (Å²) in [5, 5.41) is 0. The van der Waals surface area contributed by atoms with Gasteiger partial charge in [0.15, 0.2) is 0 Å². The predicted molar refractivity (Wildman–Crippen MR) is 54.3 cm³/mol. The van der Waals surface area contributed by atoms with Crippen molar-refractivity contribution in [3.05, 3.63) is 0 Å². The van der Waals surface area contributed by atoms with Gasteiger partial charge in [0.25, 0.3) is 0 Å². The molecule has 0 amide bonds. The van der Waals surface area contributed by atoms with Gasteiger partial charge in [-0.3, -0.25) is 0 Å². The average molecular weight is 262 g/mol. The molecule has 0 aromatic rings. The Hall–Kier alpha value is 1.04. The van der Waals surface area contributed by atoms with E-state index in [-0.39, 0.29) is 0 Å². The minimum absolute atomic E-state index is 0.695. The zero-order valence-corrected chi connectivity index (χ0v) is 9.29. The first-order valence-electron chi connectivity index (χ1n) is 3.31. The van der Waals surface area contributed by atoms with Gasteiger partial charge in [-0.25, -0.2) is 0 Å². The third kappa shape index (κ3) is 3.68. The average Bonchev–Trinajstić information content (AvgIpc) is 1.89. The van der Waals surface area contributed by atoms with Crippen LogP contribution in [-0.4, -0.2) is 18.1 Å². The van der Waals surface area contributed by atoms with Crippen LogP contribution in [0.1, 0.15) is 20.8 Å². The van der Waals surface area contributed by atoms with Crippen LogP contribution in [0.25, 0.3) is 0 Å². The van der Waals surface area contributed by atoms with Gasteiger partial charge in [0.2, 0.25) is 0 Å². The molecule has 0 aliphatic heterocycles. The van der Waals surface area contributed by atoms with Crippen LogP contribution < -0.4 is 0 Å². The molecule has 0 radical (unpaired) electrons. The Morgan fingerprint density at radius 3 is 1.78 bits per heavy atom. The summed E-state index contributed by atoms with van der Waals surface area (Å²) in [4.78, 5) is 0. The normalized spacial score (nSPS) is 13.8. The van der Waals surface area contributed by atoms with Crippen LogP contribution in [-0.2, 0) is 4.18 Å². The van der Waals surface area contributed by atoms with Crippen LogP contribution in [0, 0.1) is 0 Å². The Morgan fingerprint density at radius 1 is 1.22 bits per heavy atom. The lowest BCUT2D eigenvalue weighted by atomic mass is 10.9. The van der Waals surface area contributed by atoms with E-state index in [9.17, 15) is 0 Å². The fraction of sp³-hybridized carbons (Fsp3) is 1.00. The summed E-state index contributed by atoms with van der Waals surface area (Å²) in [5.41, 5.74) is 0. The lowest BCUT2D eigenvalue weighted by Crippen LogP contribution is -2.01. The van der Waals surface area contributed by atoms with Crippen LogP contribution in [0.3, 0.4) is 0 Å². The highest BCUT2D eigenvalue weighted by atomic mass is 127. The van der Waals surface area contributed by atoms with Gasteiger partial charge < -0.3 is 4.18 Å². The van der Waals surface area contributed by atoms with Crippen molar-refractivity contribution in [1.82, 2.24) is 0 Å². The van der Waals surface area contributed by atoms with E-state index >= 15 is 0 Å². The van der Waals surface area contributed by atoms with Crippen LogP contribution in [0.4, 0.5) is 0 Å². The van der Waals surface area contributed by atoms with Crippen molar-refractivity contribution < 1.29 is 4.18 Å². The fourth-order valence-corrected chi connectivity index (χ4v) is 2.51. The Morgan fingerprint density at radius 2 is 1.67 bits per heavy atom. The van der Waals surface area contributed by atoms with Gasteiger partial charge in [-0.2, -0.15) is 0 Å². The lowest BCUT2D eigenvalue weighted by Gasteiger charge is -2.29. The minimum atomic E-state index is -0.695. The van der Waals surface area contributed by atoms with Crippen LogP contribution >= 0.6 is 28.7 Å². The Balaban J connectivity index is 3.62. The van der Waals surface area contributed by atoms with Crippen LogP contribution in [0.2, 0.25) is 0 Å². The zero-order valence-electron chi connectivity index (χ0n) is 6.32. The molecule has 0 N–H and O–H groups in total. The van der Waals surface area contributed by atoms with E-state index in [1.807, 2.05) is 0 Å². The maximum absolute atomic E-state index is 5.60. The smallest absolute Gasteiger partial charge is 0.0573 e. The molecule has 3 heteroatoms. The SMILES string of the molecule is CCOS(I)(CC)CC. The fourth-order valence-electron chi connectivity index (χ4n) is 0.582. The molecule has 0 saturated carbocycles. The molecule has 0 aliphatic rings. The summed E-state index contributed by atoms with van der Waals surface area (Å²) in [6.45, 7) is 7.31. The van der Waals surface area contributed by atoms with Gasteiger partial charge in [-0.1, -0.05) is 21.3 Å². The molecule has 58 valence electrons. The number of halogens is 1. The second-order valence-electron chi connectivity index (χ2n) is 1.70. The van der Waals surface area contributed by atoms with Crippen molar-refractivity contribution in [1.29, 1.82) is 0 Å². The molecule has 0 spiro atoms. The van der Waals surface area contributed by atoms with Gasteiger partial charge in [-0.15, -0.1) is 0 Å². The number of hydrogen-bond donors (Lipinski definition) is 0. The Kier molecular flexibility index (Phi) is 5.35. The monoisotopic (exact) mass is 262 g/mol. The van der Waals surface area contributed by atoms with Crippen molar-refractivity contribution in [2.45, 2.75) is 20.8 Å². The standard InChI is InChI=1S/C6H15IOS/c1-4-8-9(7,5-2)6-3/h4-6H2,1-3H3. The summed E-state index contributed by atoms with van der Waals surface area (Å²) in [5.74, 6) is 2.36. The van der Waals surface area contributed by atoms with E-state index in [4.69, 9.17) is 4.18 Å². The molecule has 0 aromatic heterocycles. The minimum Gasteiger partial charge on any atom is -0.328 e. The zero-order chi connectivity index (χ0) is 7.33. The Bertz CT molecular complexity index is 73.5. The molecule has 0 aromatic carbocycles. The van der Waals surface area contributed by atoms with Gasteiger partial charge >= 0.3 is 0 Å². The quantitative estimate of drug-likeness (QED) is 0.707. The van der Waals surface area contributed by atoms with Crippen molar-refractivity contribution >= 4 is 28.7 Å². The second-order valence-corrected chi connectivity index (χ2v) is 9.35. The first-order valence-corrected chi connectivity index (χ1v) is 7.75. The van der Waals surface area contributed by atoms with Crippen molar-refractivity contribution in [2.24, 2.45) is 0 Å². The Labute approximate surface area is 71.7 Å². The first kappa shape index (κ1) is 10.0. The van der Waals surface area contributed by atoms with E-state index < -0.39 is 7.48 Å². The number of rotatable bonds is 4. The van der Waals surface area contributed by atoms with Gasteiger partial charge in [0.05, 0.1) is 6.61 Å². The number of hydrogen-bond acceptors (Lipinski definition) is 1. The maximum atomic E-state index is 5.60. The summed E-state index contributed by atoms with van der Waals surface area (Å²) in [6, 6.07) is 0. The highest BCUT2D eigenvalue weighted by Crippen LogP contribution is 2.56.